The normalized spacial score (nSPS) is 19.8. The summed E-state index contributed by atoms with van der Waals surface area (Å²) in [6.07, 6.45) is 0. The average molecular weight is 313 g/mol. The number of hydrazone groups is 1. The predicted octanol–water partition coefficient (Wildman–Crippen LogP) is 2.87. The van der Waals surface area contributed by atoms with E-state index >= 15 is 0 Å². The number of carbonyl (C=O) groups is 1. The van der Waals surface area contributed by atoms with E-state index in [0.29, 0.717) is 5.02 Å². The molecule has 17 heavy (non-hydrogen) atoms. The van der Waals surface area contributed by atoms with Crippen LogP contribution >= 0.6 is 46.4 Å². The van der Waals surface area contributed by atoms with E-state index in [-0.39, 0.29) is 21.6 Å². The molecule has 90 valence electrons. The van der Waals surface area contributed by atoms with Crippen molar-refractivity contribution in [2.45, 2.75) is 5.38 Å². The third-order valence-corrected chi connectivity index (χ3v) is 3.30. The van der Waals surface area contributed by atoms with Gasteiger partial charge in [0.05, 0.1) is 10.0 Å². The van der Waals surface area contributed by atoms with Crippen molar-refractivity contribution >= 4 is 63.8 Å². The summed E-state index contributed by atoms with van der Waals surface area (Å²) in [7, 11) is 0. The number of nitrogens with zero attached hydrogens (tertiary/aromatic N) is 2. The number of halogens is 4. The number of benzene rings is 1. The highest BCUT2D eigenvalue weighted by Gasteiger charge is 2.35. The second kappa shape index (κ2) is 4.53. The van der Waals surface area contributed by atoms with Gasteiger partial charge in [-0.15, -0.1) is 16.7 Å². The van der Waals surface area contributed by atoms with Crippen molar-refractivity contribution in [2.75, 3.05) is 5.01 Å². The molecule has 4 nitrogen and oxygen atoms in total. The second-order valence-corrected chi connectivity index (χ2v) is 4.94. The van der Waals surface area contributed by atoms with E-state index < -0.39 is 11.3 Å². The van der Waals surface area contributed by atoms with Gasteiger partial charge in [0.25, 0.3) is 5.91 Å². The van der Waals surface area contributed by atoms with Crippen LogP contribution in [0.5, 0.6) is 0 Å². The van der Waals surface area contributed by atoms with Crippen LogP contribution in [0, 0.1) is 0 Å². The second-order valence-electron chi connectivity index (χ2n) is 3.26. The van der Waals surface area contributed by atoms with Crippen molar-refractivity contribution in [3.8, 4) is 0 Å². The molecule has 1 heterocycles. The van der Waals surface area contributed by atoms with Crippen LogP contribution < -0.4 is 10.7 Å². The Morgan fingerprint density at radius 3 is 2.18 bits per heavy atom. The summed E-state index contributed by atoms with van der Waals surface area (Å²) < 4.78 is 0. The number of hydrogen-bond donors (Lipinski definition) is 1. The maximum Gasteiger partial charge on any atom is 0.273 e. The quantitative estimate of drug-likeness (QED) is 0.811. The lowest BCUT2D eigenvalue weighted by atomic mass is 10.3. The summed E-state index contributed by atoms with van der Waals surface area (Å²) in [6, 6.07) is 2.90. The molecule has 1 aromatic carbocycles. The highest BCUT2D eigenvalue weighted by molar-refractivity contribution is 6.48. The van der Waals surface area contributed by atoms with Crippen LogP contribution in [-0.4, -0.2) is 17.1 Å². The molecule has 0 saturated heterocycles. The highest BCUT2D eigenvalue weighted by atomic mass is 35.5. The van der Waals surface area contributed by atoms with Crippen LogP contribution in [0.1, 0.15) is 0 Å². The molecule has 0 aliphatic carbocycles. The SMILES string of the molecule is NC1=NN(c2c(Cl)cc(Cl)cc2Cl)C(=O)C1Cl. The molecule has 1 unspecified atom stereocenters. The number of anilines is 1. The molecule has 1 atom stereocenters. The summed E-state index contributed by atoms with van der Waals surface area (Å²) >= 11 is 23.4. The Balaban J connectivity index is 2.53. The predicted molar refractivity (Wildman–Crippen MR) is 70.2 cm³/mol. The molecule has 1 aliphatic heterocycles. The minimum atomic E-state index is -1.00. The van der Waals surface area contributed by atoms with Crippen LogP contribution in [0.25, 0.3) is 0 Å². The molecule has 0 radical (unpaired) electrons. The van der Waals surface area contributed by atoms with Gasteiger partial charge in [0.15, 0.2) is 5.38 Å². The zero-order chi connectivity index (χ0) is 12.7. The van der Waals surface area contributed by atoms with E-state index in [9.17, 15) is 4.79 Å². The highest BCUT2D eigenvalue weighted by Crippen LogP contribution is 2.38. The van der Waals surface area contributed by atoms with Gasteiger partial charge in [0.1, 0.15) is 11.5 Å². The first kappa shape index (κ1) is 12.8. The van der Waals surface area contributed by atoms with Crippen molar-refractivity contribution in [3.05, 3.63) is 27.2 Å². The first-order valence-electron chi connectivity index (χ1n) is 4.38. The fourth-order valence-electron chi connectivity index (χ4n) is 1.35. The van der Waals surface area contributed by atoms with Crippen LogP contribution in [0.3, 0.4) is 0 Å². The summed E-state index contributed by atoms with van der Waals surface area (Å²) in [5.74, 6) is -0.506. The monoisotopic (exact) mass is 311 g/mol. The number of alkyl halides is 1. The summed E-state index contributed by atoms with van der Waals surface area (Å²) in [6.45, 7) is 0. The maximum atomic E-state index is 11.8. The fraction of sp³-hybridized carbons (Fsp3) is 0.111. The molecule has 1 amide bonds. The van der Waals surface area contributed by atoms with Gasteiger partial charge in [-0.25, -0.2) is 0 Å². The van der Waals surface area contributed by atoms with Crippen molar-refractivity contribution in [3.63, 3.8) is 0 Å². The molecule has 1 aromatic rings. The first-order valence-corrected chi connectivity index (χ1v) is 5.95. The van der Waals surface area contributed by atoms with Gasteiger partial charge in [-0.05, 0) is 12.1 Å². The molecule has 0 spiro atoms. The number of hydrogen-bond acceptors (Lipinski definition) is 3. The maximum absolute atomic E-state index is 11.8. The molecule has 0 fully saturated rings. The minimum Gasteiger partial charge on any atom is -0.384 e. The molecular formula is C9H5Cl4N3O. The molecule has 1 aliphatic rings. The van der Waals surface area contributed by atoms with E-state index in [1.54, 1.807) is 0 Å². The van der Waals surface area contributed by atoms with Crippen LogP contribution in [-0.2, 0) is 4.79 Å². The summed E-state index contributed by atoms with van der Waals surface area (Å²) in [4.78, 5) is 11.8. The van der Waals surface area contributed by atoms with Crippen molar-refractivity contribution in [2.24, 2.45) is 10.8 Å². The zero-order valence-electron chi connectivity index (χ0n) is 8.12. The molecule has 8 heteroatoms. The van der Waals surface area contributed by atoms with Gasteiger partial charge in [0, 0.05) is 5.02 Å². The van der Waals surface area contributed by atoms with Crippen LogP contribution in [0.4, 0.5) is 5.69 Å². The van der Waals surface area contributed by atoms with Crippen molar-refractivity contribution < 1.29 is 4.79 Å². The smallest absolute Gasteiger partial charge is 0.273 e. The Hall–Kier alpha value is -0.680. The number of carbonyl (C=O) groups excluding carboxylic acids is 1. The topological polar surface area (TPSA) is 58.7 Å². The number of nitrogens with two attached hydrogens (primary N) is 1. The van der Waals surface area contributed by atoms with E-state index in [1.807, 2.05) is 0 Å². The average Bonchev–Trinajstić information content (AvgIpc) is 2.45. The molecule has 0 aromatic heterocycles. The number of amidine groups is 1. The lowest BCUT2D eigenvalue weighted by Crippen LogP contribution is -2.30. The molecule has 0 saturated carbocycles. The first-order chi connectivity index (χ1) is 7.91. The van der Waals surface area contributed by atoms with Gasteiger partial charge in [0.2, 0.25) is 0 Å². The summed E-state index contributed by atoms with van der Waals surface area (Å²) in [5, 5.41) is 4.53. The van der Waals surface area contributed by atoms with Gasteiger partial charge < -0.3 is 5.73 Å². The lowest BCUT2D eigenvalue weighted by molar-refractivity contribution is -0.116. The van der Waals surface area contributed by atoms with Gasteiger partial charge in [-0.3, -0.25) is 4.79 Å². The van der Waals surface area contributed by atoms with E-state index in [2.05, 4.69) is 5.10 Å². The van der Waals surface area contributed by atoms with Gasteiger partial charge in [-0.2, -0.15) is 5.01 Å². The fourth-order valence-corrected chi connectivity index (χ4v) is 2.46. The Morgan fingerprint density at radius 1 is 1.24 bits per heavy atom. The third kappa shape index (κ3) is 2.18. The number of rotatable bonds is 1. The Morgan fingerprint density at radius 2 is 1.76 bits per heavy atom. The van der Waals surface area contributed by atoms with Crippen LogP contribution in [0.2, 0.25) is 15.1 Å². The zero-order valence-corrected chi connectivity index (χ0v) is 11.1. The Labute approximate surface area is 117 Å². The lowest BCUT2D eigenvalue weighted by Gasteiger charge is -2.15. The molecule has 0 bridgehead atoms. The van der Waals surface area contributed by atoms with Crippen molar-refractivity contribution in [1.29, 1.82) is 0 Å². The summed E-state index contributed by atoms with van der Waals surface area (Å²) in [5.41, 5.74) is 5.69. The third-order valence-electron chi connectivity index (χ3n) is 2.09. The number of amides is 1. The van der Waals surface area contributed by atoms with Gasteiger partial charge >= 0.3 is 0 Å². The molecule has 2 N–H and O–H groups in total. The van der Waals surface area contributed by atoms with Crippen LogP contribution in [0.15, 0.2) is 17.2 Å². The Kier molecular flexibility index (Phi) is 3.41. The molecule has 2 rings (SSSR count). The largest absolute Gasteiger partial charge is 0.384 e. The molecular weight excluding hydrogens is 308 g/mol. The van der Waals surface area contributed by atoms with E-state index in [1.165, 1.54) is 12.1 Å². The standard InChI is InChI=1S/C9H5Cl4N3O/c10-3-1-4(11)7(5(12)2-3)16-9(17)6(13)8(14)15-16/h1-2,6H,(H2,14,15). The minimum absolute atomic E-state index is 0.00116. The Bertz CT molecular complexity index is 508. The van der Waals surface area contributed by atoms with Gasteiger partial charge in [-0.1, -0.05) is 34.8 Å². The van der Waals surface area contributed by atoms with E-state index in [0.717, 1.165) is 5.01 Å². The van der Waals surface area contributed by atoms with Crippen molar-refractivity contribution in [1.82, 2.24) is 0 Å². The van der Waals surface area contributed by atoms with E-state index in [4.69, 9.17) is 52.1 Å².